The van der Waals surface area contributed by atoms with Gasteiger partial charge in [0.2, 0.25) is 0 Å². The zero-order valence-electron chi connectivity index (χ0n) is 15.4. The third-order valence-electron chi connectivity index (χ3n) is 4.25. The first-order valence-electron chi connectivity index (χ1n) is 8.84. The molecule has 1 aromatic heterocycles. The summed E-state index contributed by atoms with van der Waals surface area (Å²) in [6.07, 6.45) is 1.00. The van der Waals surface area contributed by atoms with Gasteiger partial charge in [0.25, 0.3) is 0 Å². The second kappa shape index (κ2) is 8.35. The van der Waals surface area contributed by atoms with Crippen LogP contribution in [0, 0.1) is 18.8 Å². The summed E-state index contributed by atoms with van der Waals surface area (Å²) >= 11 is 0. The Labute approximate surface area is 154 Å². The topological polar surface area (TPSA) is 39.9 Å². The van der Waals surface area contributed by atoms with Crippen molar-refractivity contribution in [2.24, 2.45) is 0 Å². The zero-order valence-corrected chi connectivity index (χ0v) is 15.4. The Balaban J connectivity index is 1.67. The number of benzene rings is 2. The van der Waals surface area contributed by atoms with E-state index in [9.17, 15) is 0 Å². The van der Waals surface area contributed by atoms with Gasteiger partial charge >= 0.3 is 0 Å². The molecule has 0 saturated heterocycles. The molecule has 4 heteroatoms. The van der Waals surface area contributed by atoms with Crippen molar-refractivity contribution >= 4 is 0 Å². The molecule has 0 fully saturated rings. The van der Waals surface area contributed by atoms with Crippen molar-refractivity contribution < 1.29 is 4.74 Å². The summed E-state index contributed by atoms with van der Waals surface area (Å²) in [5.41, 5.74) is 3.87. The SMILES string of the molecule is CC#CC(CC)c1ccc(OCc2nn(-c3ccccc3)nc2C)cc1. The maximum absolute atomic E-state index is 5.90. The normalized spacial score (nSPS) is 11.5. The van der Waals surface area contributed by atoms with Crippen LogP contribution in [0.2, 0.25) is 0 Å². The van der Waals surface area contributed by atoms with Gasteiger partial charge in [-0.15, -0.1) is 11.0 Å². The molecule has 0 amide bonds. The van der Waals surface area contributed by atoms with Gasteiger partial charge in [0.15, 0.2) is 0 Å². The summed E-state index contributed by atoms with van der Waals surface area (Å²) < 4.78 is 5.90. The van der Waals surface area contributed by atoms with Crippen molar-refractivity contribution in [1.82, 2.24) is 15.0 Å². The monoisotopic (exact) mass is 345 g/mol. The van der Waals surface area contributed by atoms with Gasteiger partial charge in [0.05, 0.1) is 11.4 Å². The summed E-state index contributed by atoms with van der Waals surface area (Å²) in [4.78, 5) is 1.65. The number of nitrogens with zero attached hydrogens (tertiary/aromatic N) is 3. The molecule has 4 nitrogen and oxygen atoms in total. The summed E-state index contributed by atoms with van der Waals surface area (Å²) in [5, 5.41) is 9.01. The third-order valence-corrected chi connectivity index (χ3v) is 4.25. The van der Waals surface area contributed by atoms with Crippen LogP contribution in [0.5, 0.6) is 5.75 Å². The number of hydrogen-bond donors (Lipinski definition) is 0. The molecule has 26 heavy (non-hydrogen) atoms. The van der Waals surface area contributed by atoms with Gasteiger partial charge in [-0.25, -0.2) is 0 Å². The first kappa shape index (κ1) is 17.8. The van der Waals surface area contributed by atoms with Gasteiger partial charge in [-0.3, -0.25) is 0 Å². The first-order valence-corrected chi connectivity index (χ1v) is 8.84. The molecule has 0 bridgehead atoms. The van der Waals surface area contributed by atoms with Crippen LogP contribution in [0.4, 0.5) is 0 Å². The molecule has 0 radical (unpaired) electrons. The molecule has 1 heterocycles. The second-order valence-electron chi connectivity index (χ2n) is 6.07. The maximum Gasteiger partial charge on any atom is 0.134 e. The van der Waals surface area contributed by atoms with E-state index in [1.165, 1.54) is 5.56 Å². The van der Waals surface area contributed by atoms with Crippen molar-refractivity contribution in [3.05, 3.63) is 71.5 Å². The van der Waals surface area contributed by atoms with Crippen LogP contribution in [0.25, 0.3) is 5.69 Å². The molecule has 3 rings (SSSR count). The van der Waals surface area contributed by atoms with Gasteiger partial charge in [-0.05, 0) is 50.1 Å². The molecule has 0 aliphatic rings. The lowest BCUT2D eigenvalue weighted by molar-refractivity contribution is 0.299. The Kier molecular flexibility index (Phi) is 5.70. The van der Waals surface area contributed by atoms with Crippen molar-refractivity contribution in [2.45, 2.75) is 39.7 Å². The smallest absolute Gasteiger partial charge is 0.134 e. The highest BCUT2D eigenvalue weighted by Crippen LogP contribution is 2.22. The largest absolute Gasteiger partial charge is 0.487 e. The molecule has 2 aromatic carbocycles. The van der Waals surface area contributed by atoms with Crippen LogP contribution in [0.1, 0.15) is 43.1 Å². The zero-order chi connectivity index (χ0) is 18.4. The predicted molar refractivity (Wildman–Crippen MR) is 103 cm³/mol. The maximum atomic E-state index is 5.90. The average molecular weight is 345 g/mol. The molecule has 1 unspecified atom stereocenters. The lowest BCUT2D eigenvalue weighted by Gasteiger charge is -2.10. The van der Waals surface area contributed by atoms with Crippen LogP contribution in [0.15, 0.2) is 54.6 Å². The standard InChI is InChI=1S/C22H23N3O/c1-4-9-18(5-2)19-12-14-21(15-13-19)26-16-22-17(3)23-25(24-22)20-10-7-6-8-11-20/h6-8,10-15,18H,5,16H2,1-3H3. The number of para-hydroxylation sites is 1. The Morgan fingerprint density at radius 2 is 1.77 bits per heavy atom. The Morgan fingerprint density at radius 1 is 1.04 bits per heavy atom. The summed E-state index contributed by atoms with van der Waals surface area (Å²) in [7, 11) is 0. The number of ether oxygens (including phenoxy) is 1. The minimum absolute atomic E-state index is 0.280. The molecule has 0 N–H and O–H groups in total. The van der Waals surface area contributed by atoms with E-state index >= 15 is 0 Å². The lowest BCUT2D eigenvalue weighted by Crippen LogP contribution is -2.01. The third kappa shape index (κ3) is 4.12. The minimum atomic E-state index is 0.280. The van der Waals surface area contributed by atoms with E-state index in [1.807, 2.05) is 56.3 Å². The number of aryl methyl sites for hydroxylation is 1. The fraction of sp³-hybridized carbons (Fsp3) is 0.273. The van der Waals surface area contributed by atoms with Crippen molar-refractivity contribution in [3.8, 4) is 23.3 Å². The molecule has 0 saturated carbocycles. The predicted octanol–water partition coefficient (Wildman–Crippen LogP) is 4.67. The number of hydrogen-bond acceptors (Lipinski definition) is 3. The van der Waals surface area contributed by atoms with Crippen LogP contribution in [-0.2, 0) is 6.61 Å². The van der Waals surface area contributed by atoms with E-state index < -0.39 is 0 Å². The highest BCUT2D eigenvalue weighted by molar-refractivity contribution is 5.33. The van der Waals surface area contributed by atoms with E-state index in [0.29, 0.717) is 6.61 Å². The van der Waals surface area contributed by atoms with E-state index in [2.05, 4.69) is 41.1 Å². The molecular formula is C22H23N3O. The molecule has 1 atom stereocenters. The Bertz CT molecular complexity index is 902. The van der Waals surface area contributed by atoms with Gasteiger partial charge < -0.3 is 4.74 Å². The molecule has 0 aliphatic carbocycles. The minimum Gasteiger partial charge on any atom is -0.487 e. The molecule has 0 spiro atoms. The quantitative estimate of drug-likeness (QED) is 0.609. The molecular weight excluding hydrogens is 322 g/mol. The molecule has 132 valence electrons. The van der Waals surface area contributed by atoms with Crippen molar-refractivity contribution in [1.29, 1.82) is 0 Å². The lowest BCUT2D eigenvalue weighted by atomic mass is 9.97. The van der Waals surface area contributed by atoms with E-state index in [-0.39, 0.29) is 5.92 Å². The highest BCUT2D eigenvalue weighted by Gasteiger charge is 2.10. The van der Waals surface area contributed by atoms with Gasteiger partial charge in [0, 0.05) is 5.92 Å². The summed E-state index contributed by atoms with van der Waals surface area (Å²) in [6, 6.07) is 18.0. The molecule has 3 aromatic rings. The Morgan fingerprint density at radius 3 is 2.42 bits per heavy atom. The van der Waals surface area contributed by atoms with Crippen molar-refractivity contribution in [3.63, 3.8) is 0 Å². The number of aromatic nitrogens is 3. The fourth-order valence-corrected chi connectivity index (χ4v) is 2.76. The Hall–Kier alpha value is -3.06. The first-order chi connectivity index (χ1) is 12.7. The van der Waals surface area contributed by atoms with Gasteiger partial charge in [-0.2, -0.15) is 9.90 Å². The van der Waals surface area contributed by atoms with E-state index in [0.717, 1.165) is 29.2 Å². The van der Waals surface area contributed by atoms with E-state index in [1.54, 1.807) is 4.80 Å². The molecule has 0 aliphatic heterocycles. The van der Waals surface area contributed by atoms with Gasteiger partial charge in [-0.1, -0.05) is 43.2 Å². The van der Waals surface area contributed by atoms with Crippen LogP contribution in [0.3, 0.4) is 0 Å². The van der Waals surface area contributed by atoms with Crippen LogP contribution in [-0.4, -0.2) is 15.0 Å². The summed E-state index contributed by atoms with van der Waals surface area (Å²) in [6.45, 7) is 6.37. The second-order valence-corrected chi connectivity index (χ2v) is 6.07. The summed E-state index contributed by atoms with van der Waals surface area (Å²) in [5.74, 6) is 7.34. The average Bonchev–Trinajstić information content (AvgIpc) is 3.06. The number of rotatable bonds is 6. The highest BCUT2D eigenvalue weighted by atomic mass is 16.5. The fourth-order valence-electron chi connectivity index (χ4n) is 2.76. The van der Waals surface area contributed by atoms with Crippen LogP contribution < -0.4 is 4.74 Å². The van der Waals surface area contributed by atoms with Gasteiger partial charge in [0.1, 0.15) is 18.1 Å². The van der Waals surface area contributed by atoms with E-state index in [4.69, 9.17) is 4.74 Å². The van der Waals surface area contributed by atoms with Crippen molar-refractivity contribution in [2.75, 3.05) is 0 Å². The van der Waals surface area contributed by atoms with Crippen LogP contribution >= 0.6 is 0 Å².